The highest BCUT2D eigenvalue weighted by Gasteiger charge is 2.03. The number of anilines is 1. The van der Waals surface area contributed by atoms with E-state index in [0.717, 1.165) is 10.9 Å². The predicted molar refractivity (Wildman–Crippen MR) is 54.9 cm³/mol. The molecule has 0 saturated heterocycles. The number of nitrogens with zero attached hydrogens (tertiary/aromatic N) is 1. The average molecular weight is 192 g/mol. The zero-order valence-electron chi connectivity index (χ0n) is 7.68. The molecule has 2 rings (SSSR count). The van der Waals surface area contributed by atoms with Gasteiger partial charge in [-0.25, -0.2) is 0 Å². The van der Waals surface area contributed by atoms with Gasteiger partial charge in [0.25, 0.3) is 0 Å². The van der Waals surface area contributed by atoms with Crippen LogP contribution in [0.4, 0.5) is 5.69 Å². The Morgan fingerprint density at radius 3 is 3.00 bits per heavy atom. The van der Waals surface area contributed by atoms with E-state index in [-0.39, 0.29) is 13.2 Å². The molecular formula is C10H12N2O2. The topological polar surface area (TPSA) is 60.4 Å². The summed E-state index contributed by atoms with van der Waals surface area (Å²) >= 11 is 0. The van der Waals surface area contributed by atoms with Gasteiger partial charge in [-0.15, -0.1) is 0 Å². The van der Waals surface area contributed by atoms with Gasteiger partial charge in [0.05, 0.1) is 12.3 Å². The SMILES string of the molecule is Nc1cccc2ccn(OCCO)c12. The molecular weight excluding hydrogens is 180 g/mol. The molecule has 0 amide bonds. The fourth-order valence-corrected chi connectivity index (χ4v) is 1.44. The molecule has 0 aliphatic carbocycles. The van der Waals surface area contributed by atoms with Crippen LogP contribution in [0.25, 0.3) is 10.9 Å². The first-order valence-electron chi connectivity index (χ1n) is 4.42. The summed E-state index contributed by atoms with van der Waals surface area (Å²) < 4.78 is 1.58. The first-order valence-corrected chi connectivity index (χ1v) is 4.42. The largest absolute Gasteiger partial charge is 0.411 e. The number of fused-ring (bicyclic) bond motifs is 1. The van der Waals surface area contributed by atoms with E-state index in [1.54, 1.807) is 10.9 Å². The number of nitrogens with two attached hydrogens (primary N) is 1. The molecule has 1 heterocycles. The van der Waals surface area contributed by atoms with E-state index < -0.39 is 0 Å². The molecule has 2 aromatic rings. The standard InChI is InChI=1S/C10H12N2O2/c11-9-3-1-2-8-4-5-12(10(8)9)14-7-6-13/h1-5,13H,6-7,11H2. The Morgan fingerprint density at radius 2 is 2.21 bits per heavy atom. The summed E-state index contributed by atoms with van der Waals surface area (Å²) in [6, 6.07) is 7.60. The minimum atomic E-state index is -0.00753. The molecule has 74 valence electrons. The van der Waals surface area contributed by atoms with Crippen LogP contribution in [0.15, 0.2) is 30.5 Å². The summed E-state index contributed by atoms with van der Waals surface area (Å²) in [6.45, 7) is 0.254. The highest BCUT2D eigenvalue weighted by molar-refractivity contribution is 5.90. The third kappa shape index (κ3) is 1.40. The van der Waals surface area contributed by atoms with Gasteiger partial charge >= 0.3 is 0 Å². The third-order valence-corrected chi connectivity index (χ3v) is 2.03. The number of aliphatic hydroxyl groups is 1. The van der Waals surface area contributed by atoms with Crippen molar-refractivity contribution in [3.8, 4) is 0 Å². The first-order chi connectivity index (χ1) is 6.83. The van der Waals surface area contributed by atoms with Crippen molar-refractivity contribution in [1.29, 1.82) is 0 Å². The van der Waals surface area contributed by atoms with Gasteiger partial charge in [0.15, 0.2) is 0 Å². The number of hydrogen-bond donors (Lipinski definition) is 2. The minimum Gasteiger partial charge on any atom is -0.411 e. The highest BCUT2D eigenvalue weighted by atomic mass is 16.7. The molecule has 0 saturated carbocycles. The zero-order chi connectivity index (χ0) is 9.97. The van der Waals surface area contributed by atoms with Crippen molar-refractivity contribution in [3.63, 3.8) is 0 Å². The number of aliphatic hydroxyl groups excluding tert-OH is 1. The van der Waals surface area contributed by atoms with Crippen LogP contribution in [-0.2, 0) is 0 Å². The molecule has 0 atom stereocenters. The molecule has 14 heavy (non-hydrogen) atoms. The van der Waals surface area contributed by atoms with Crippen molar-refractivity contribution in [2.45, 2.75) is 0 Å². The molecule has 4 heteroatoms. The van der Waals surface area contributed by atoms with Gasteiger partial charge in [-0.1, -0.05) is 12.1 Å². The lowest BCUT2D eigenvalue weighted by Crippen LogP contribution is -2.14. The van der Waals surface area contributed by atoms with Gasteiger partial charge < -0.3 is 15.7 Å². The second-order valence-corrected chi connectivity index (χ2v) is 2.98. The summed E-state index contributed by atoms with van der Waals surface area (Å²) in [5.41, 5.74) is 7.33. The van der Waals surface area contributed by atoms with Gasteiger partial charge in [-0.05, 0) is 12.1 Å². The van der Waals surface area contributed by atoms with E-state index >= 15 is 0 Å². The molecule has 0 spiro atoms. The van der Waals surface area contributed by atoms with Crippen molar-refractivity contribution in [3.05, 3.63) is 30.5 Å². The fraction of sp³-hybridized carbons (Fsp3) is 0.200. The van der Waals surface area contributed by atoms with Gasteiger partial charge in [0.2, 0.25) is 0 Å². The van der Waals surface area contributed by atoms with Crippen LogP contribution in [0.3, 0.4) is 0 Å². The van der Waals surface area contributed by atoms with E-state index in [9.17, 15) is 0 Å². The van der Waals surface area contributed by atoms with Crippen molar-refractivity contribution in [2.24, 2.45) is 0 Å². The molecule has 0 radical (unpaired) electrons. The second kappa shape index (κ2) is 3.59. The number of nitrogen functional groups attached to an aromatic ring is 1. The molecule has 1 aromatic carbocycles. The lowest BCUT2D eigenvalue weighted by Gasteiger charge is -2.07. The smallest absolute Gasteiger partial charge is 0.138 e. The van der Waals surface area contributed by atoms with Crippen molar-refractivity contribution in [1.82, 2.24) is 4.73 Å². The lowest BCUT2D eigenvalue weighted by molar-refractivity contribution is 0.0834. The molecule has 0 unspecified atom stereocenters. The third-order valence-electron chi connectivity index (χ3n) is 2.03. The Bertz CT molecular complexity index is 437. The Kier molecular flexibility index (Phi) is 2.28. The molecule has 3 N–H and O–H groups in total. The maximum absolute atomic E-state index is 8.64. The maximum Gasteiger partial charge on any atom is 0.138 e. The van der Waals surface area contributed by atoms with Gasteiger partial charge in [-0.3, -0.25) is 0 Å². The molecule has 0 aliphatic heterocycles. The summed E-state index contributed by atoms with van der Waals surface area (Å²) in [6.07, 6.45) is 1.79. The molecule has 0 aliphatic rings. The van der Waals surface area contributed by atoms with E-state index in [2.05, 4.69) is 0 Å². The lowest BCUT2D eigenvalue weighted by atomic mass is 10.2. The molecule has 0 fully saturated rings. The number of aromatic nitrogens is 1. The average Bonchev–Trinajstić information content (AvgIpc) is 2.59. The Hall–Kier alpha value is -1.68. The van der Waals surface area contributed by atoms with Crippen molar-refractivity contribution in [2.75, 3.05) is 18.9 Å². The summed E-state index contributed by atoms with van der Waals surface area (Å²) in [7, 11) is 0. The fourth-order valence-electron chi connectivity index (χ4n) is 1.44. The normalized spacial score (nSPS) is 10.6. The van der Waals surface area contributed by atoms with Crippen LogP contribution in [0, 0.1) is 0 Å². The maximum atomic E-state index is 8.64. The number of para-hydroxylation sites is 1. The van der Waals surface area contributed by atoms with Crippen LogP contribution in [-0.4, -0.2) is 23.1 Å². The number of hydrogen-bond acceptors (Lipinski definition) is 3. The summed E-state index contributed by atoms with van der Waals surface area (Å²) in [4.78, 5) is 5.28. The quantitative estimate of drug-likeness (QED) is 0.702. The van der Waals surface area contributed by atoms with E-state index in [1.165, 1.54) is 0 Å². The molecule has 1 aromatic heterocycles. The van der Waals surface area contributed by atoms with E-state index in [0.29, 0.717) is 5.69 Å². The van der Waals surface area contributed by atoms with Crippen LogP contribution in [0.1, 0.15) is 0 Å². The van der Waals surface area contributed by atoms with Crippen LogP contribution >= 0.6 is 0 Å². The first kappa shape index (κ1) is 8.90. The van der Waals surface area contributed by atoms with Crippen molar-refractivity contribution >= 4 is 16.6 Å². The number of benzene rings is 1. The zero-order valence-corrected chi connectivity index (χ0v) is 7.68. The van der Waals surface area contributed by atoms with Gasteiger partial charge in [-0.2, -0.15) is 4.73 Å². The Morgan fingerprint density at radius 1 is 1.36 bits per heavy atom. The summed E-state index contributed by atoms with van der Waals surface area (Å²) in [5, 5.41) is 9.67. The van der Waals surface area contributed by atoms with Crippen LogP contribution in [0.2, 0.25) is 0 Å². The number of rotatable bonds is 3. The van der Waals surface area contributed by atoms with Gasteiger partial charge in [0, 0.05) is 11.6 Å². The van der Waals surface area contributed by atoms with E-state index in [4.69, 9.17) is 15.7 Å². The van der Waals surface area contributed by atoms with Crippen molar-refractivity contribution < 1.29 is 9.94 Å². The van der Waals surface area contributed by atoms with Crippen LogP contribution < -0.4 is 10.6 Å². The molecule has 0 bridgehead atoms. The minimum absolute atomic E-state index is 0.00753. The predicted octanol–water partition coefficient (Wildman–Crippen LogP) is 0.644. The second-order valence-electron chi connectivity index (χ2n) is 2.98. The Labute approximate surface area is 81.5 Å². The van der Waals surface area contributed by atoms with E-state index in [1.807, 2.05) is 24.3 Å². The van der Waals surface area contributed by atoms with Crippen LogP contribution in [0.5, 0.6) is 0 Å². The monoisotopic (exact) mass is 192 g/mol. The summed E-state index contributed by atoms with van der Waals surface area (Å²) in [5.74, 6) is 0. The van der Waals surface area contributed by atoms with Gasteiger partial charge in [0.1, 0.15) is 12.1 Å². The Balaban J connectivity index is 2.45. The highest BCUT2D eigenvalue weighted by Crippen LogP contribution is 2.20. The molecule has 4 nitrogen and oxygen atoms in total.